The van der Waals surface area contributed by atoms with Gasteiger partial charge in [0.2, 0.25) is 0 Å². The van der Waals surface area contributed by atoms with E-state index in [1.807, 2.05) is 30.3 Å². The number of aryl methyl sites for hydroxylation is 1. The second kappa shape index (κ2) is 5.72. The summed E-state index contributed by atoms with van der Waals surface area (Å²) in [6, 6.07) is 20.3. The lowest BCUT2D eigenvalue weighted by Gasteiger charge is -2.03. The van der Waals surface area contributed by atoms with Crippen LogP contribution in [0.4, 0.5) is 0 Å². The smallest absolute Gasteiger partial charge is 0.137 e. The number of hydrogen-bond donors (Lipinski definition) is 0. The number of fused-ring (bicyclic) bond motifs is 1. The highest BCUT2D eigenvalue weighted by molar-refractivity contribution is 5.94. The fourth-order valence-corrected chi connectivity index (χ4v) is 2.80. The van der Waals surface area contributed by atoms with E-state index in [0.29, 0.717) is 0 Å². The summed E-state index contributed by atoms with van der Waals surface area (Å²) in [7, 11) is 0. The summed E-state index contributed by atoms with van der Waals surface area (Å²) in [5.41, 5.74) is 6.45. The van der Waals surface area contributed by atoms with Crippen molar-refractivity contribution in [2.45, 2.75) is 13.3 Å². The Hall–Kier alpha value is -3.10. The molecule has 0 saturated heterocycles. The zero-order valence-corrected chi connectivity index (χ0v) is 12.3. The van der Waals surface area contributed by atoms with Gasteiger partial charge in [0.25, 0.3) is 0 Å². The Morgan fingerprint density at radius 1 is 1.00 bits per heavy atom. The number of allylic oxidation sites excluding steroid dienone is 3. The van der Waals surface area contributed by atoms with Crippen molar-refractivity contribution in [3.8, 4) is 12.1 Å². The molecule has 2 aromatic carbocycles. The highest BCUT2D eigenvalue weighted by Gasteiger charge is 2.24. The molecule has 0 unspecified atom stereocenters. The highest BCUT2D eigenvalue weighted by atomic mass is 14.3. The Morgan fingerprint density at radius 2 is 1.68 bits per heavy atom. The maximum atomic E-state index is 9.27. The summed E-state index contributed by atoms with van der Waals surface area (Å²) in [5, 5.41) is 18.5. The van der Waals surface area contributed by atoms with Gasteiger partial charge in [-0.1, -0.05) is 60.2 Å². The van der Waals surface area contributed by atoms with Crippen LogP contribution in [0.3, 0.4) is 0 Å². The Bertz CT molecular complexity index is 853. The summed E-state index contributed by atoms with van der Waals surface area (Å²) in [5.74, 6) is 0. The van der Waals surface area contributed by atoms with Gasteiger partial charge in [0, 0.05) is 5.57 Å². The molecule has 1 aliphatic carbocycles. The van der Waals surface area contributed by atoms with Crippen molar-refractivity contribution in [2.75, 3.05) is 0 Å². The molecule has 0 atom stereocenters. The summed E-state index contributed by atoms with van der Waals surface area (Å²) in [4.78, 5) is 0. The van der Waals surface area contributed by atoms with Gasteiger partial charge in [0.1, 0.15) is 17.7 Å². The third-order valence-corrected chi connectivity index (χ3v) is 3.88. The maximum Gasteiger partial charge on any atom is 0.137 e. The largest absolute Gasteiger partial charge is 0.192 e. The van der Waals surface area contributed by atoms with Crippen molar-refractivity contribution >= 4 is 11.6 Å². The Balaban J connectivity index is 2.17. The first-order valence-corrected chi connectivity index (χ1v) is 7.13. The highest BCUT2D eigenvalue weighted by Crippen LogP contribution is 2.39. The lowest BCUT2D eigenvalue weighted by atomic mass is 9.98. The predicted molar refractivity (Wildman–Crippen MR) is 87.4 cm³/mol. The number of nitriles is 2. The molecule has 22 heavy (non-hydrogen) atoms. The molecule has 0 aromatic heterocycles. The summed E-state index contributed by atoms with van der Waals surface area (Å²) in [6.45, 7) is 2.05. The first-order chi connectivity index (χ1) is 10.7. The van der Waals surface area contributed by atoms with Gasteiger partial charge in [0.15, 0.2) is 0 Å². The van der Waals surface area contributed by atoms with Crippen LogP contribution < -0.4 is 0 Å². The number of benzene rings is 2. The van der Waals surface area contributed by atoms with Crippen LogP contribution in [0.25, 0.3) is 11.6 Å². The summed E-state index contributed by atoms with van der Waals surface area (Å²) >= 11 is 0. The third-order valence-electron chi connectivity index (χ3n) is 3.88. The van der Waals surface area contributed by atoms with Gasteiger partial charge in [-0.15, -0.1) is 0 Å². The van der Waals surface area contributed by atoms with E-state index in [2.05, 4.69) is 43.3 Å². The van der Waals surface area contributed by atoms with E-state index in [1.54, 1.807) is 0 Å². The monoisotopic (exact) mass is 282 g/mol. The van der Waals surface area contributed by atoms with Crippen molar-refractivity contribution in [1.29, 1.82) is 10.5 Å². The molecule has 0 N–H and O–H groups in total. The van der Waals surface area contributed by atoms with Crippen molar-refractivity contribution in [2.24, 2.45) is 0 Å². The molecule has 104 valence electrons. The van der Waals surface area contributed by atoms with Crippen LogP contribution in [-0.4, -0.2) is 0 Å². The molecule has 0 aliphatic heterocycles. The van der Waals surface area contributed by atoms with Gasteiger partial charge < -0.3 is 0 Å². The molecule has 0 spiro atoms. The average Bonchev–Trinajstić information content (AvgIpc) is 2.89. The lowest BCUT2D eigenvalue weighted by molar-refractivity contribution is 1.28. The minimum Gasteiger partial charge on any atom is -0.192 e. The topological polar surface area (TPSA) is 47.6 Å². The van der Waals surface area contributed by atoms with Crippen LogP contribution >= 0.6 is 0 Å². The minimum absolute atomic E-state index is 0.184. The molecule has 0 bridgehead atoms. The SMILES string of the molecule is Cc1ccc(/C=C2\Cc3ccccc3C2=C(C#N)C#N)cc1. The molecule has 2 heteroatoms. The molecule has 1 aliphatic rings. The van der Waals surface area contributed by atoms with E-state index >= 15 is 0 Å². The van der Waals surface area contributed by atoms with Crippen LogP contribution in [-0.2, 0) is 6.42 Å². The van der Waals surface area contributed by atoms with E-state index in [0.717, 1.165) is 28.7 Å². The van der Waals surface area contributed by atoms with Crippen molar-refractivity contribution in [3.63, 3.8) is 0 Å². The van der Waals surface area contributed by atoms with Crippen LogP contribution in [0.1, 0.15) is 22.3 Å². The van der Waals surface area contributed by atoms with Crippen LogP contribution in [0.5, 0.6) is 0 Å². The number of hydrogen-bond acceptors (Lipinski definition) is 2. The van der Waals surface area contributed by atoms with Gasteiger partial charge >= 0.3 is 0 Å². The van der Waals surface area contributed by atoms with E-state index in [1.165, 1.54) is 11.1 Å². The summed E-state index contributed by atoms with van der Waals surface area (Å²) < 4.78 is 0. The molecule has 0 amide bonds. The number of rotatable bonds is 1. The Morgan fingerprint density at radius 3 is 2.36 bits per heavy atom. The lowest BCUT2D eigenvalue weighted by Crippen LogP contribution is -1.87. The van der Waals surface area contributed by atoms with Crippen LogP contribution in [0.2, 0.25) is 0 Å². The second-order valence-electron chi connectivity index (χ2n) is 5.39. The van der Waals surface area contributed by atoms with E-state index in [-0.39, 0.29) is 5.57 Å². The van der Waals surface area contributed by atoms with Gasteiger partial charge in [-0.3, -0.25) is 0 Å². The molecule has 0 heterocycles. The van der Waals surface area contributed by atoms with Gasteiger partial charge in [-0.25, -0.2) is 0 Å². The fourth-order valence-electron chi connectivity index (χ4n) is 2.80. The fraction of sp³-hybridized carbons (Fsp3) is 0.100. The van der Waals surface area contributed by atoms with Gasteiger partial charge in [-0.2, -0.15) is 10.5 Å². The average molecular weight is 282 g/mol. The molecule has 0 radical (unpaired) electrons. The van der Waals surface area contributed by atoms with E-state index < -0.39 is 0 Å². The first kappa shape index (κ1) is 13.9. The molecule has 0 fully saturated rings. The molecular formula is C20H14N2. The first-order valence-electron chi connectivity index (χ1n) is 7.13. The normalized spacial score (nSPS) is 14.3. The molecule has 2 nitrogen and oxygen atoms in total. The van der Waals surface area contributed by atoms with E-state index in [4.69, 9.17) is 0 Å². The third kappa shape index (κ3) is 2.43. The zero-order valence-electron chi connectivity index (χ0n) is 12.3. The van der Waals surface area contributed by atoms with Gasteiger partial charge in [0.05, 0.1) is 0 Å². The predicted octanol–water partition coefficient (Wildman–Crippen LogP) is 4.44. The Labute approximate surface area is 130 Å². The molecule has 3 rings (SSSR count). The zero-order chi connectivity index (χ0) is 15.5. The standard InChI is InChI=1S/C20H14N2/c1-14-6-8-15(9-7-14)10-17-11-16-4-2-3-5-19(16)20(17)18(12-21)13-22/h2-10H,11H2,1H3/b17-10+. The maximum absolute atomic E-state index is 9.27. The Kier molecular flexibility index (Phi) is 3.60. The van der Waals surface area contributed by atoms with Crippen LogP contribution in [0.15, 0.2) is 59.7 Å². The minimum atomic E-state index is 0.184. The van der Waals surface area contributed by atoms with Crippen molar-refractivity contribution in [1.82, 2.24) is 0 Å². The number of nitrogens with zero attached hydrogens (tertiary/aromatic N) is 2. The quantitative estimate of drug-likeness (QED) is 0.726. The molecule has 2 aromatic rings. The van der Waals surface area contributed by atoms with Crippen LogP contribution in [0, 0.1) is 29.6 Å². The second-order valence-corrected chi connectivity index (χ2v) is 5.39. The van der Waals surface area contributed by atoms with Gasteiger partial charge in [-0.05, 0) is 35.6 Å². The van der Waals surface area contributed by atoms with Crippen molar-refractivity contribution < 1.29 is 0 Å². The molecule has 0 saturated carbocycles. The van der Waals surface area contributed by atoms with Crippen molar-refractivity contribution in [3.05, 3.63) is 81.9 Å². The molecular weight excluding hydrogens is 268 g/mol. The van der Waals surface area contributed by atoms with E-state index in [9.17, 15) is 10.5 Å². The summed E-state index contributed by atoms with van der Waals surface area (Å²) in [6.07, 6.45) is 2.83.